The summed E-state index contributed by atoms with van der Waals surface area (Å²) in [7, 11) is -3.17. The maximum Gasteiger partial charge on any atom is 0.253 e. The normalized spacial score (nSPS) is 17.0. The molecule has 1 fully saturated rings. The lowest BCUT2D eigenvalue weighted by Gasteiger charge is -2.32. The molecular weight excluding hydrogens is 288 g/mol. The molecule has 0 unspecified atom stereocenters. The molecule has 21 heavy (non-hydrogen) atoms. The van der Waals surface area contributed by atoms with Crippen molar-refractivity contribution < 1.29 is 13.2 Å². The highest BCUT2D eigenvalue weighted by atomic mass is 32.2. The van der Waals surface area contributed by atoms with Gasteiger partial charge < -0.3 is 4.90 Å². The number of carbonyl (C=O) groups is 1. The van der Waals surface area contributed by atoms with Gasteiger partial charge in [0.05, 0.1) is 5.75 Å². The van der Waals surface area contributed by atoms with Crippen molar-refractivity contribution >= 4 is 15.9 Å². The number of amides is 1. The van der Waals surface area contributed by atoms with Gasteiger partial charge in [0, 0.05) is 24.7 Å². The fourth-order valence-corrected chi connectivity index (χ4v) is 3.41. The average molecular weight is 310 g/mol. The van der Waals surface area contributed by atoms with Crippen LogP contribution in [0.4, 0.5) is 0 Å². The fourth-order valence-electron chi connectivity index (χ4n) is 2.50. The van der Waals surface area contributed by atoms with Crippen LogP contribution in [0.2, 0.25) is 0 Å². The van der Waals surface area contributed by atoms with Gasteiger partial charge >= 0.3 is 0 Å². The van der Waals surface area contributed by atoms with Gasteiger partial charge in [0.25, 0.3) is 5.91 Å². The number of benzene rings is 1. The minimum absolute atomic E-state index is 0.0236. The molecule has 1 amide bonds. The number of aryl methyl sites for hydroxylation is 1. The third-order valence-corrected chi connectivity index (χ3v) is 5.23. The Morgan fingerprint density at radius 1 is 1.33 bits per heavy atom. The van der Waals surface area contributed by atoms with E-state index in [1.807, 2.05) is 31.2 Å². The van der Waals surface area contributed by atoms with E-state index in [1.54, 1.807) is 11.8 Å². The highest BCUT2D eigenvalue weighted by Crippen LogP contribution is 2.15. The number of nitrogens with zero attached hydrogens (tertiary/aromatic N) is 1. The smallest absolute Gasteiger partial charge is 0.253 e. The molecule has 1 saturated heterocycles. The van der Waals surface area contributed by atoms with Gasteiger partial charge in [-0.15, -0.1) is 0 Å². The number of rotatable bonds is 4. The summed E-state index contributed by atoms with van der Waals surface area (Å²) in [6, 6.07) is 7.49. The number of sulfonamides is 1. The van der Waals surface area contributed by atoms with Gasteiger partial charge in [0.15, 0.2) is 0 Å². The van der Waals surface area contributed by atoms with Gasteiger partial charge in [-0.25, -0.2) is 13.1 Å². The second-order valence-electron chi connectivity index (χ2n) is 5.46. The number of hydrogen-bond acceptors (Lipinski definition) is 3. The molecule has 1 aromatic rings. The molecule has 1 aliphatic heterocycles. The van der Waals surface area contributed by atoms with Crippen LogP contribution in [-0.4, -0.2) is 44.1 Å². The number of piperidine rings is 1. The molecule has 0 spiro atoms. The van der Waals surface area contributed by atoms with Crippen LogP contribution in [0.1, 0.15) is 35.7 Å². The topological polar surface area (TPSA) is 66.5 Å². The summed E-state index contributed by atoms with van der Waals surface area (Å²) in [6.45, 7) is 4.76. The van der Waals surface area contributed by atoms with E-state index in [4.69, 9.17) is 0 Å². The van der Waals surface area contributed by atoms with E-state index in [-0.39, 0.29) is 17.7 Å². The molecule has 1 heterocycles. The standard InChI is InChI=1S/C15H22N2O3S/c1-3-21(19,20)16-14-7-9-17(10-8-14)15(18)13-6-4-5-12(2)11-13/h4-6,11,14,16H,3,7-10H2,1-2H3. The van der Waals surface area contributed by atoms with Crippen LogP contribution in [0.5, 0.6) is 0 Å². The van der Waals surface area contributed by atoms with Crippen molar-refractivity contribution in [1.29, 1.82) is 0 Å². The Morgan fingerprint density at radius 2 is 2.00 bits per heavy atom. The Hall–Kier alpha value is -1.40. The van der Waals surface area contributed by atoms with Crippen molar-refractivity contribution in [2.45, 2.75) is 32.7 Å². The van der Waals surface area contributed by atoms with Gasteiger partial charge in [-0.05, 0) is 38.8 Å². The predicted octanol–water partition coefficient (Wildman–Crippen LogP) is 1.54. The van der Waals surface area contributed by atoms with Gasteiger partial charge in [-0.2, -0.15) is 0 Å². The summed E-state index contributed by atoms with van der Waals surface area (Å²) >= 11 is 0. The van der Waals surface area contributed by atoms with Gasteiger partial charge in [-0.1, -0.05) is 17.7 Å². The fraction of sp³-hybridized carbons (Fsp3) is 0.533. The molecule has 1 aliphatic rings. The van der Waals surface area contributed by atoms with E-state index in [1.165, 1.54) is 0 Å². The first-order valence-electron chi connectivity index (χ1n) is 7.27. The maximum absolute atomic E-state index is 12.4. The summed E-state index contributed by atoms with van der Waals surface area (Å²) in [4.78, 5) is 14.2. The summed E-state index contributed by atoms with van der Waals surface area (Å²) in [5, 5.41) is 0. The Bertz CT molecular complexity index is 605. The second kappa shape index (κ2) is 6.58. The predicted molar refractivity (Wildman–Crippen MR) is 82.7 cm³/mol. The summed E-state index contributed by atoms with van der Waals surface area (Å²) in [5.74, 6) is 0.116. The zero-order valence-corrected chi connectivity index (χ0v) is 13.3. The van der Waals surface area contributed by atoms with Crippen molar-refractivity contribution in [2.24, 2.45) is 0 Å². The molecule has 0 radical (unpaired) electrons. The van der Waals surface area contributed by atoms with Crippen LogP contribution in [0, 0.1) is 6.92 Å². The SMILES string of the molecule is CCS(=O)(=O)NC1CCN(C(=O)c2cccc(C)c2)CC1. The summed E-state index contributed by atoms with van der Waals surface area (Å²) in [5.41, 5.74) is 1.76. The lowest BCUT2D eigenvalue weighted by Crippen LogP contribution is -2.46. The van der Waals surface area contributed by atoms with E-state index < -0.39 is 10.0 Å². The Labute approximate surface area is 126 Å². The Morgan fingerprint density at radius 3 is 2.57 bits per heavy atom. The van der Waals surface area contributed by atoms with Gasteiger partial charge in [0.2, 0.25) is 10.0 Å². The lowest BCUT2D eigenvalue weighted by molar-refractivity contribution is 0.0711. The molecule has 0 atom stereocenters. The minimum atomic E-state index is -3.17. The molecular formula is C15H22N2O3S. The quantitative estimate of drug-likeness (QED) is 0.917. The maximum atomic E-state index is 12.4. The van der Waals surface area contributed by atoms with Crippen LogP contribution in [0.25, 0.3) is 0 Å². The van der Waals surface area contributed by atoms with E-state index in [2.05, 4.69) is 4.72 Å². The first-order valence-corrected chi connectivity index (χ1v) is 8.92. The highest BCUT2D eigenvalue weighted by molar-refractivity contribution is 7.89. The third-order valence-electron chi connectivity index (χ3n) is 3.77. The first-order chi connectivity index (χ1) is 9.91. The largest absolute Gasteiger partial charge is 0.339 e. The number of carbonyl (C=O) groups excluding carboxylic acids is 1. The molecule has 2 rings (SSSR count). The molecule has 5 nitrogen and oxygen atoms in total. The lowest BCUT2D eigenvalue weighted by atomic mass is 10.0. The van der Waals surface area contributed by atoms with Crippen molar-refractivity contribution in [3.63, 3.8) is 0 Å². The third kappa shape index (κ3) is 4.28. The van der Waals surface area contributed by atoms with Crippen molar-refractivity contribution in [1.82, 2.24) is 9.62 Å². The van der Waals surface area contributed by atoms with Crippen molar-refractivity contribution in [2.75, 3.05) is 18.8 Å². The molecule has 116 valence electrons. The summed E-state index contributed by atoms with van der Waals surface area (Å²) < 4.78 is 25.8. The molecule has 0 saturated carbocycles. The van der Waals surface area contributed by atoms with E-state index in [0.29, 0.717) is 31.5 Å². The van der Waals surface area contributed by atoms with Crippen LogP contribution >= 0.6 is 0 Å². The number of hydrogen-bond donors (Lipinski definition) is 1. The first kappa shape index (κ1) is 16.0. The molecule has 1 aromatic carbocycles. The molecule has 0 aliphatic carbocycles. The van der Waals surface area contributed by atoms with Gasteiger partial charge in [-0.3, -0.25) is 4.79 Å². The van der Waals surface area contributed by atoms with Crippen LogP contribution < -0.4 is 4.72 Å². The van der Waals surface area contributed by atoms with E-state index in [0.717, 1.165) is 5.56 Å². The van der Waals surface area contributed by atoms with Crippen molar-refractivity contribution in [3.05, 3.63) is 35.4 Å². The number of nitrogens with one attached hydrogen (secondary N) is 1. The minimum Gasteiger partial charge on any atom is -0.339 e. The molecule has 1 N–H and O–H groups in total. The molecule has 0 aromatic heterocycles. The summed E-state index contributed by atoms with van der Waals surface area (Å²) in [6.07, 6.45) is 1.33. The Balaban J connectivity index is 1.93. The Kier molecular flexibility index (Phi) is 5.00. The monoisotopic (exact) mass is 310 g/mol. The van der Waals surface area contributed by atoms with E-state index >= 15 is 0 Å². The second-order valence-corrected chi connectivity index (χ2v) is 7.50. The zero-order valence-electron chi connectivity index (χ0n) is 12.5. The van der Waals surface area contributed by atoms with Crippen molar-refractivity contribution in [3.8, 4) is 0 Å². The average Bonchev–Trinajstić information content (AvgIpc) is 2.47. The molecule has 6 heteroatoms. The molecule has 0 bridgehead atoms. The van der Waals surface area contributed by atoms with Crippen LogP contribution in [0.3, 0.4) is 0 Å². The van der Waals surface area contributed by atoms with Crippen LogP contribution in [0.15, 0.2) is 24.3 Å². The number of likely N-dealkylation sites (tertiary alicyclic amines) is 1. The van der Waals surface area contributed by atoms with Gasteiger partial charge in [0.1, 0.15) is 0 Å². The van der Waals surface area contributed by atoms with Crippen LogP contribution in [-0.2, 0) is 10.0 Å². The zero-order chi connectivity index (χ0) is 15.5. The van der Waals surface area contributed by atoms with E-state index in [9.17, 15) is 13.2 Å². The highest BCUT2D eigenvalue weighted by Gasteiger charge is 2.25.